The van der Waals surface area contributed by atoms with Crippen LogP contribution in [-0.4, -0.2) is 82.3 Å². The van der Waals surface area contributed by atoms with Crippen molar-refractivity contribution < 1.29 is 42.9 Å². The molecule has 0 spiro atoms. The van der Waals surface area contributed by atoms with Crippen LogP contribution in [0.5, 0.6) is 0 Å². The maximum atomic E-state index is 12.9. The molecule has 0 aromatic rings. The highest BCUT2D eigenvalue weighted by molar-refractivity contribution is 5.70. The van der Waals surface area contributed by atoms with Gasteiger partial charge in [-0.25, -0.2) is 0 Å². The summed E-state index contributed by atoms with van der Waals surface area (Å²) in [5, 5.41) is 11.8. The summed E-state index contributed by atoms with van der Waals surface area (Å²) in [7, 11) is 5.93. The summed E-state index contributed by atoms with van der Waals surface area (Å²) in [5.74, 6) is -2.26. The van der Waals surface area contributed by atoms with Gasteiger partial charge in [0.2, 0.25) is 0 Å². The van der Waals surface area contributed by atoms with E-state index in [2.05, 4.69) is 26.0 Å². The maximum absolute atomic E-state index is 12.9. The number of esters is 2. The number of unbranched alkanes of at least 4 members (excludes halogenated alkanes) is 39. The Bertz CT molecular complexity index is 1140. The van der Waals surface area contributed by atoms with E-state index < -0.39 is 24.3 Å². The third-order valence-electron chi connectivity index (χ3n) is 13.5. The van der Waals surface area contributed by atoms with E-state index in [0.29, 0.717) is 17.4 Å². The minimum absolute atomic E-state index is 0.152. The highest BCUT2D eigenvalue weighted by atomic mass is 16.7. The Labute approximate surface area is 427 Å². The molecule has 9 nitrogen and oxygen atoms in total. The fourth-order valence-electron chi connectivity index (χ4n) is 8.89. The summed E-state index contributed by atoms with van der Waals surface area (Å²) >= 11 is 0. The topological polar surface area (TPSA) is 111 Å². The summed E-state index contributed by atoms with van der Waals surface area (Å²) in [6, 6.07) is 0. The summed E-state index contributed by atoms with van der Waals surface area (Å²) < 4.78 is 22.7. The van der Waals surface area contributed by atoms with Gasteiger partial charge < -0.3 is 33.3 Å². The zero-order valence-electron chi connectivity index (χ0n) is 46.5. The van der Waals surface area contributed by atoms with Gasteiger partial charge in [0.15, 0.2) is 12.4 Å². The number of nitrogens with zero attached hydrogens (tertiary/aromatic N) is 1. The summed E-state index contributed by atoms with van der Waals surface area (Å²) in [4.78, 5) is 37.3. The first-order chi connectivity index (χ1) is 33.6. The van der Waals surface area contributed by atoms with E-state index in [-0.39, 0.29) is 32.2 Å². The van der Waals surface area contributed by atoms with Crippen molar-refractivity contribution in [3.05, 3.63) is 12.2 Å². The molecule has 2 unspecified atom stereocenters. The van der Waals surface area contributed by atoms with Gasteiger partial charge in [0.25, 0.3) is 0 Å². The zero-order valence-corrected chi connectivity index (χ0v) is 46.5. The van der Waals surface area contributed by atoms with Crippen LogP contribution in [0, 0.1) is 0 Å². The summed E-state index contributed by atoms with van der Waals surface area (Å²) in [6.07, 6.45) is 56.9. The first-order valence-electron chi connectivity index (χ1n) is 29.8. The Hall–Kier alpha value is -1.97. The highest BCUT2D eigenvalue weighted by Crippen LogP contribution is 2.17. The van der Waals surface area contributed by atoms with Gasteiger partial charge in [0.1, 0.15) is 13.2 Å². The van der Waals surface area contributed by atoms with Gasteiger partial charge in [0.05, 0.1) is 40.3 Å². The average Bonchev–Trinajstić information content (AvgIpc) is 3.31. The molecule has 0 amide bonds. The Balaban J connectivity index is 4.15. The quantitative estimate of drug-likeness (QED) is 0.0195. The van der Waals surface area contributed by atoms with Crippen molar-refractivity contribution in [1.29, 1.82) is 0 Å². The number of allylic oxidation sites excluding steroid dienone is 2. The number of hydrogen-bond acceptors (Lipinski definition) is 8. The second-order valence-electron chi connectivity index (χ2n) is 21.6. The van der Waals surface area contributed by atoms with Gasteiger partial charge in [-0.05, 0) is 38.5 Å². The van der Waals surface area contributed by atoms with Crippen molar-refractivity contribution in [2.75, 3.05) is 47.5 Å². The van der Waals surface area contributed by atoms with Gasteiger partial charge in [0, 0.05) is 12.8 Å². The number of carbonyl (C=O) groups excluding carboxylic acids is 3. The zero-order chi connectivity index (χ0) is 50.6. The van der Waals surface area contributed by atoms with Gasteiger partial charge >= 0.3 is 11.9 Å². The molecule has 0 saturated heterocycles. The van der Waals surface area contributed by atoms with Crippen molar-refractivity contribution >= 4 is 17.9 Å². The van der Waals surface area contributed by atoms with Crippen LogP contribution in [0.2, 0.25) is 0 Å². The molecule has 2 atom stereocenters. The fourth-order valence-corrected chi connectivity index (χ4v) is 8.89. The van der Waals surface area contributed by atoms with Crippen LogP contribution in [0.3, 0.4) is 0 Å². The Morgan fingerprint density at radius 3 is 1.07 bits per heavy atom. The lowest BCUT2D eigenvalue weighted by atomic mass is 10.0. The van der Waals surface area contributed by atoms with Gasteiger partial charge in [-0.2, -0.15) is 0 Å². The van der Waals surface area contributed by atoms with E-state index >= 15 is 0 Å². The van der Waals surface area contributed by atoms with Crippen LogP contribution in [0.4, 0.5) is 0 Å². The lowest BCUT2D eigenvalue weighted by Gasteiger charge is -2.26. The third kappa shape index (κ3) is 53.7. The smallest absolute Gasteiger partial charge is 0.306 e. The number of quaternary nitrogens is 1. The molecule has 0 aliphatic carbocycles. The predicted octanol–water partition coefficient (Wildman–Crippen LogP) is 16.0. The Morgan fingerprint density at radius 2 is 0.739 bits per heavy atom. The van der Waals surface area contributed by atoms with E-state index in [1.54, 1.807) is 0 Å². The molecular formula is C60H115NO8. The highest BCUT2D eigenvalue weighted by Gasteiger charge is 2.22. The van der Waals surface area contributed by atoms with Crippen molar-refractivity contribution in [3.8, 4) is 0 Å². The van der Waals surface area contributed by atoms with Crippen molar-refractivity contribution in [3.63, 3.8) is 0 Å². The molecule has 0 aliphatic rings. The third-order valence-corrected chi connectivity index (χ3v) is 13.5. The fraction of sp³-hybridized carbons (Fsp3) is 0.917. The maximum Gasteiger partial charge on any atom is 0.306 e. The van der Waals surface area contributed by atoms with Gasteiger partial charge in [-0.1, -0.05) is 257 Å². The monoisotopic (exact) mass is 978 g/mol. The molecule has 0 aliphatic heterocycles. The van der Waals surface area contributed by atoms with Crippen LogP contribution in [0.1, 0.15) is 296 Å². The number of ether oxygens (including phenoxy) is 4. The number of carboxylic acids is 1. The Morgan fingerprint density at radius 1 is 0.420 bits per heavy atom. The molecule has 69 heavy (non-hydrogen) atoms. The molecule has 0 saturated carbocycles. The number of rotatable bonds is 56. The number of aliphatic carboxylic acids is 1. The van der Waals surface area contributed by atoms with E-state index in [4.69, 9.17) is 18.9 Å². The first-order valence-corrected chi connectivity index (χ1v) is 29.8. The van der Waals surface area contributed by atoms with Gasteiger partial charge in [-0.3, -0.25) is 9.59 Å². The molecule has 0 heterocycles. The second-order valence-corrected chi connectivity index (χ2v) is 21.6. The molecule has 0 aromatic carbocycles. The standard InChI is InChI=1S/C60H115NO8/c1-6-8-10-12-14-16-18-20-22-24-25-26-27-28-29-30-31-32-33-35-37-39-41-43-45-47-49-51-58(63)69-56(55-68-60(59(64)65)66-53-52-61(3,4)5)54-67-57(62)50-48-46-44-42-40-38-36-34-23-21-19-17-15-13-11-9-7-2/h24-25,56,60H,6-23,26-55H2,1-5H3/b25-24-. The molecule has 0 bridgehead atoms. The molecule has 0 rings (SSSR count). The largest absolute Gasteiger partial charge is 0.545 e. The minimum Gasteiger partial charge on any atom is -0.545 e. The van der Waals surface area contributed by atoms with E-state index in [1.807, 2.05) is 21.1 Å². The molecule has 0 N–H and O–H groups in total. The van der Waals surface area contributed by atoms with Crippen molar-refractivity contribution in [2.45, 2.75) is 309 Å². The van der Waals surface area contributed by atoms with E-state index in [9.17, 15) is 19.5 Å². The molecule has 408 valence electrons. The molecule has 0 fully saturated rings. The average molecular weight is 979 g/mol. The van der Waals surface area contributed by atoms with Crippen molar-refractivity contribution in [2.24, 2.45) is 0 Å². The minimum atomic E-state index is -1.62. The predicted molar refractivity (Wildman–Crippen MR) is 288 cm³/mol. The first kappa shape index (κ1) is 67.0. The number of carboxylic acid groups (broad SMARTS) is 1. The molecule has 0 aromatic heterocycles. The Kier molecular flexibility index (Phi) is 50.9. The van der Waals surface area contributed by atoms with Gasteiger partial charge in [-0.15, -0.1) is 0 Å². The van der Waals surface area contributed by atoms with Crippen LogP contribution in [-0.2, 0) is 33.3 Å². The number of likely N-dealkylation sites (N-methyl/N-ethyl adjacent to an activating group) is 1. The van der Waals surface area contributed by atoms with Crippen LogP contribution in [0.15, 0.2) is 12.2 Å². The normalized spacial score (nSPS) is 12.8. The number of hydrogen-bond donors (Lipinski definition) is 0. The van der Waals surface area contributed by atoms with Crippen molar-refractivity contribution in [1.82, 2.24) is 0 Å². The van der Waals surface area contributed by atoms with E-state index in [1.165, 1.54) is 231 Å². The van der Waals surface area contributed by atoms with Crippen LogP contribution < -0.4 is 5.11 Å². The second kappa shape index (κ2) is 52.4. The lowest BCUT2D eigenvalue weighted by molar-refractivity contribution is -0.870. The van der Waals surface area contributed by atoms with E-state index in [0.717, 1.165) is 38.5 Å². The lowest BCUT2D eigenvalue weighted by Crippen LogP contribution is -2.44. The number of carbonyl (C=O) groups is 3. The molecular weight excluding hydrogens is 863 g/mol. The summed E-state index contributed by atoms with van der Waals surface area (Å²) in [6.45, 7) is 4.81. The summed E-state index contributed by atoms with van der Waals surface area (Å²) in [5.41, 5.74) is 0. The van der Waals surface area contributed by atoms with Crippen LogP contribution in [0.25, 0.3) is 0 Å². The molecule has 9 heteroatoms. The SMILES string of the molecule is CCCCCCCCCC/C=C\CCCCCCCCCCCCCCCCCC(=O)OC(COC(=O)CCCCCCCCCCCCCCCCCCC)COC(OCC[N+](C)(C)C)C(=O)[O-]. The molecule has 0 radical (unpaired) electrons. The van der Waals surface area contributed by atoms with Crippen LogP contribution >= 0.6 is 0 Å².